The van der Waals surface area contributed by atoms with E-state index in [4.69, 9.17) is 11.6 Å². The zero-order chi connectivity index (χ0) is 10.6. The fraction of sp³-hybridized carbons (Fsp3) is 0.222. The van der Waals surface area contributed by atoms with Gasteiger partial charge in [0.1, 0.15) is 0 Å². The zero-order valence-corrected chi connectivity index (χ0v) is 7.94. The van der Waals surface area contributed by atoms with E-state index in [-0.39, 0.29) is 18.2 Å². The number of nitrogens with one attached hydrogen (secondary N) is 1. The highest BCUT2D eigenvalue weighted by Crippen LogP contribution is 2.12. The summed E-state index contributed by atoms with van der Waals surface area (Å²) in [6.07, 6.45) is 0. The number of hydrogen-bond acceptors (Lipinski definition) is 2. The smallest absolute Gasteiger partial charge is 0.166 e. The molecule has 1 aromatic rings. The molecule has 0 atom stereocenters. The van der Waals surface area contributed by atoms with Crippen molar-refractivity contribution in [1.29, 1.82) is 0 Å². The Morgan fingerprint density at radius 2 is 2.07 bits per heavy atom. The van der Waals surface area contributed by atoms with Crippen LogP contribution in [0.15, 0.2) is 18.2 Å². The molecule has 5 heteroatoms. The van der Waals surface area contributed by atoms with Gasteiger partial charge in [0.05, 0.1) is 12.4 Å². The first-order chi connectivity index (χ1) is 6.63. The molecule has 1 rings (SSSR count). The molecule has 0 aliphatic carbocycles. The Morgan fingerprint density at radius 3 is 2.64 bits per heavy atom. The van der Waals surface area contributed by atoms with Gasteiger partial charge in [0.15, 0.2) is 17.4 Å². The molecule has 0 heterocycles. The van der Waals surface area contributed by atoms with E-state index in [2.05, 4.69) is 5.32 Å². The highest BCUT2D eigenvalue weighted by Gasteiger charge is 2.03. The third-order valence-electron chi connectivity index (χ3n) is 1.56. The molecule has 0 spiro atoms. The van der Waals surface area contributed by atoms with Crippen molar-refractivity contribution in [3.8, 4) is 0 Å². The SMILES string of the molecule is O=C(CCl)CNc1ccc(F)c(F)c1. The minimum Gasteiger partial charge on any atom is -0.378 e. The first-order valence-electron chi connectivity index (χ1n) is 3.90. The second-order valence-electron chi connectivity index (χ2n) is 2.65. The van der Waals surface area contributed by atoms with Crippen molar-refractivity contribution in [2.45, 2.75) is 0 Å². The molecule has 0 saturated carbocycles. The Bertz CT molecular complexity index is 344. The monoisotopic (exact) mass is 219 g/mol. The van der Waals surface area contributed by atoms with Crippen molar-refractivity contribution in [2.75, 3.05) is 17.7 Å². The van der Waals surface area contributed by atoms with Gasteiger partial charge in [0, 0.05) is 11.8 Å². The van der Waals surface area contributed by atoms with E-state index in [1.807, 2.05) is 0 Å². The first kappa shape index (κ1) is 10.9. The summed E-state index contributed by atoms with van der Waals surface area (Å²) >= 11 is 5.25. The minimum atomic E-state index is -0.951. The largest absolute Gasteiger partial charge is 0.378 e. The fourth-order valence-electron chi connectivity index (χ4n) is 0.854. The van der Waals surface area contributed by atoms with E-state index >= 15 is 0 Å². The third kappa shape index (κ3) is 2.96. The van der Waals surface area contributed by atoms with Crippen LogP contribution in [-0.2, 0) is 4.79 Å². The molecule has 0 bridgehead atoms. The summed E-state index contributed by atoms with van der Waals surface area (Å²) in [5, 5.41) is 2.62. The van der Waals surface area contributed by atoms with Gasteiger partial charge in [-0.3, -0.25) is 4.79 Å². The molecule has 0 aliphatic heterocycles. The lowest BCUT2D eigenvalue weighted by atomic mass is 10.3. The van der Waals surface area contributed by atoms with Crippen LogP contribution < -0.4 is 5.32 Å². The number of alkyl halides is 1. The van der Waals surface area contributed by atoms with Gasteiger partial charge in [0.25, 0.3) is 0 Å². The van der Waals surface area contributed by atoms with Crippen molar-refractivity contribution < 1.29 is 13.6 Å². The summed E-state index contributed by atoms with van der Waals surface area (Å²) in [5.41, 5.74) is 0.349. The van der Waals surface area contributed by atoms with Crippen LogP contribution in [0.4, 0.5) is 14.5 Å². The average Bonchev–Trinajstić information content (AvgIpc) is 2.19. The lowest BCUT2D eigenvalue weighted by Crippen LogP contribution is -2.14. The number of Topliss-reactive ketones (excluding diaryl/α,β-unsaturated/α-hetero) is 1. The van der Waals surface area contributed by atoms with Gasteiger partial charge in [-0.15, -0.1) is 11.6 Å². The van der Waals surface area contributed by atoms with Crippen LogP contribution in [-0.4, -0.2) is 18.2 Å². The quantitative estimate of drug-likeness (QED) is 0.787. The predicted molar refractivity (Wildman–Crippen MR) is 50.6 cm³/mol. The summed E-state index contributed by atoms with van der Waals surface area (Å²) in [4.78, 5) is 10.8. The van der Waals surface area contributed by atoms with Gasteiger partial charge in [-0.1, -0.05) is 0 Å². The van der Waals surface area contributed by atoms with Gasteiger partial charge in [-0.25, -0.2) is 8.78 Å². The molecule has 14 heavy (non-hydrogen) atoms. The van der Waals surface area contributed by atoms with E-state index < -0.39 is 11.6 Å². The molecule has 0 amide bonds. The average molecular weight is 220 g/mol. The maximum absolute atomic E-state index is 12.7. The number of rotatable bonds is 4. The lowest BCUT2D eigenvalue weighted by molar-refractivity contribution is -0.115. The Kier molecular flexibility index (Phi) is 3.83. The molecule has 0 fully saturated rings. The zero-order valence-electron chi connectivity index (χ0n) is 7.19. The highest BCUT2D eigenvalue weighted by molar-refractivity contribution is 6.28. The van der Waals surface area contributed by atoms with Crippen molar-refractivity contribution in [2.24, 2.45) is 0 Å². The van der Waals surface area contributed by atoms with Gasteiger partial charge in [0.2, 0.25) is 0 Å². The van der Waals surface area contributed by atoms with Gasteiger partial charge in [-0.05, 0) is 12.1 Å². The van der Waals surface area contributed by atoms with Gasteiger partial charge >= 0.3 is 0 Å². The Morgan fingerprint density at radius 1 is 1.36 bits per heavy atom. The van der Waals surface area contributed by atoms with E-state index in [9.17, 15) is 13.6 Å². The van der Waals surface area contributed by atoms with Crippen molar-refractivity contribution in [3.05, 3.63) is 29.8 Å². The standard InChI is InChI=1S/C9H8ClF2NO/c10-4-7(14)5-13-6-1-2-8(11)9(12)3-6/h1-3,13H,4-5H2. The maximum Gasteiger partial charge on any atom is 0.166 e. The van der Waals surface area contributed by atoms with Gasteiger partial charge < -0.3 is 5.32 Å². The van der Waals surface area contributed by atoms with E-state index in [1.165, 1.54) is 6.07 Å². The Balaban J connectivity index is 2.60. The predicted octanol–water partition coefficient (Wildman–Crippen LogP) is 2.18. The van der Waals surface area contributed by atoms with Crippen LogP contribution in [0.1, 0.15) is 0 Å². The normalized spacial score (nSPS) is 9.93. The second kappa shape index (κ2) is 4.91. The number of halogens is 3. The summed E-state index contributed by atoms with van der Waals surface area (Å²) in [5.74, 6) is -2.18. The molecular formula is C9H8ClF2NO. The van der Waals surface area contributed by atoms with E-state index in [0.29, 0.717) is 5.69 Å². The van der Waals surface area contributed by atoms with Crippen LogP contribution in [0.2, 0.25) is 0 Å². The van der Waals surface area contributed by atoms with Crippen LogP contribution in [0.5, 0.6) is 0 Å². The number of carbonyl (C=O) groups is 1. The third-order valence-corrected chi connectivity index (χ3v) is 1.86. The number of ketones is 1. The van der Waals surface area contributed by atoms with Crippen molar-refractivity contribution >= 4 is 23.1 Å². The molecular weight excluding hydrogens is 212 g/mol. The maximum atomic E-state index is 12.7. The van der Waals surface area contributed by atoms with Crippen LogP contribution in [0, 0.1) is 11.6 Å². The molecule has 1 aromatic carbocycles. The fourth-order valence-corrected chi connectivity index (χ4v) is 0.948. The second-order valence-corrected chi connectivity index (χ2v) is 2.92. The summed E-state index contributed by atoms with van der Waals surface area (Å²) in [6, 6.07) is 3.32. The Hall–Kier alpha value is -1.16. The van der Waals surface area contributed by atoms with Crippen LogP contribution >= 0.6 is 11.6 Å². The molecule has 76 valence electrons. The number of carbonyl (C=O) groups excluding carboxylic acids is 1. The molecule has 0 aromatic heterocycles. The first-order valence-corrected chi connectivity index (χ1v) is 4.43. The van der Waals surface area contributed by atoms with Gasteiger partial charge in [-0.2, -0.15) is 0 Å². The molecule has 0 radical (unpaired) electrons. The minimum absolute atomic E-state index is 0.00850. The van der Waals surface area contributed by atoms with E-state index in [1.54, 1.807) is 0 Å². The molecule has 0 aliphatic rings. The van der Waals surface area contributed by atoms with Crippen molar-refractivity contribution in [1.82, 2.24) is 0 Å². The molecule has 2 nitrogen and oxygen atoms in total. The topological polar surface area (TPSA) is 29.1 Å². The van der Waals surface area contributed by atoms with Crippen LogP contribution in [0.25, 0.3) is 0 Å². The van der Waals surface area contributed by atoms with Crippen molar-refractivity contribution in [3.63, 3.8) is 0 Å². The number of anilines is 1. The molecule has 1 N–H and O–H groups in total. The summed E-state index contributed by atoms with van der Waals surface area (Å²) in [6.45, 7) is 0.00850. The van der Waals surface area contributed by atoms with E-state index in [0.717, 1.165) is 12.1 Å². The van der Waals surface area contributed by atoms with Crippen LogP contribution in [0.3, 0.4) is 0 Å². The number of benzene rings is 1. The summed E-state index contributed by atoms with van der Waals surface area (Å²) < 4.78 is 25.1. The lowest BCUT2D eigenvalue weighted by Gasteiger charge is -2.04. The highest BCUT2D eigenvalue weighted by atomic mass is 35.5. The molecule has 0 unspecified atom stereocenters. The summed E-state index contributed by atoms with van der Waals surface area (Å²) in [7, 11) is 0. The molecule has 0 saturated heterocycles. The number of hydrogen-bond donors (Lipinski definition) is 1. The Labute approximate surface area is 84.9 Å².